The van der Waals surface area contributed by atoms with E-state index in [2.05, 4.69) is 0 Å². The Morgan fingerprint density at radius 3 is 2.45 bits per heavy atom. The van der Waals surface area contributed by atoms with E-state index < -0.39 is 5.91 Å². The van der Waals surface area contributed by atoms with Crippen LogP contribution in [0.15, 0.2) is 24.3 Å². The molecule has 0 aliphatic heterocycles. The Hall–Kier alpha value is -1.64. The minimum atomic E-state index is -0.576. The number of rotatable bonds is 2. The summed E-state index contributed by atoms with van der Waals surface area (Å²) >= 11 is 0. The zero-order valence-electron chi connectivity index (χ0n) is 5.78. The minimum Gasteiger partial charge on any atom is -0.366 e. The van der Waals surface area contributed by atoms with Crippen LogP contribution in [0.1, 0.15) is 20.7 Å². The van der Waals surface area contributed by atoms with Gasteiger partial charge in [-0.3, -0.25) is 9.59 Å². The third kappa shape index (κ3) is 1.43. The van der Waals surface area contributed by atoms with E-state index in [9.17, 15) is 9.59 Å². The molecule has 11 heavy (non-hydrogen) atoms. The van der Waals surface area contributed by atoms with Gasteiger partial charge in [-0.25, -0.2) is 0 Å². The fourth-order valence-electron chi connectivity index (χ4n) is 0.824. The number of hydrogen-bond donors (Lipinski definition) is 1. The smallest absolute Gasteiger partial charge is 0.249 e. The van der Waals surface area contributed by atoms with Crippen LogP contribution in [0.2, 0.25) is 0 Å². The summed E-state index contributed by atoms with van der Waals surface area (Å²) < 4.78 is 0. The van der Waals surface area contributed by atoms with Gasteiger partial charge in [0.05, 0.1) is 0 Å². The number of hydrogen-bond acceptors (Lipinski definition) is 2. The predicted octanol–water partition coefficient (Wildman–Crippen LogP) is 0.598. The predicted molar refractivity (Wildman–Crippen MR) is 40.3 cm³/mol. The number of primary amides is 1. The van der Waals surface area contributed by atoms with Crippen molar-refractivity contribution in [3.8, 4) is 0 Å². The lowest BCUT2D eigenvalue weighted by Crippen LogP contribution is -2.13. The molecule has 1 aromatic carbocycles. The molecule has 0 bridgehead atoms. The number of carbonyl (C=O) groups is 2. The van der Waals surface area contributed by atoms with E-state index in [0.717, 1.165) is 0 Å². The van der Waals surface area contributed by atoms with Crippen molar-refractivity contribution in [3.63, 3.8) is 0 Å². The van der Waals surface area contributed by atoms with E-state index in [1.165, 1.54) is 6.07 Å². The van der Waals surface area contributed by atoms with Gasteiger partial charge in [-0.05, 0) is 6.07 Å². The molecule has 0 fully saturated rings. The zero-order chi connectivity index (χ0) is 8.27. The second-order valence-electron chi connectivity index (χ2n) is 2.07. The van der Waals surface area contributed by atoms with Crippen LogP contribution in [0.4, 0.5) is 0 Å². The van der Waals surface area contributed by atoms with Gasteiger partial charge < -0.3 is 5.73 Å². The van der Waals surface area contributed by atoms with Crippen molar-refractivity contribution in [2.75, 3.05) is 0 Å². The molecule has 3 nitrogen and oxygen atoms in total. The second kappa shape index (κ2) is 2.96. The van der Waals surface area contributed by atoms with E-state index in [-0.39, 0.29) is 5.56 Å². The second-order valence-corrected chi connectivity index (χ2v) is 2.07. The molecule has 0 aliphatic rings. The average Bonchev–Trinajstić information content (AvgIpc) is 2.04. The Kier molecular flexibility index (Phi) is 2.01. The number of benzene rings is 1. The van der Waals surface area contributed by atoms with Crippen LogP contribution in [0.25, 0.3) is 0 Å². The van der Waals surface area contributed by atoms with Gasteiger partial charge in [0.1, 0.15) is 0 Å². The molecule has 1 rings (SSSR count). The van der Waals surface area contributed by atoms with Crippen LogP contribution in [0, 0.1) is 0 Å². The summed E-state index contributed by atoms with van der Waals surface area (Å²) in [5.74, 6) is -0.576. The van der Waals surface area contributed by atoms with Crippen molar-refractivity contribution in [1.29, 1.82) is 0 Å². The highest BCUT2D eigenvalue weighted by atomic mass is 16.1. The monoisotopic (exact) mass is 149 g/mol. The van der Waals surface area contributed by atoms with Gasteiger partial charge in [0.25, 0.3) is 0 Å². The summed E-state index contributed by atoms with van der Waals surface area (Å²) in [7, 11) is 0. The molecule has 0 saturated heterocycles. The minimum absolute atomic E-state index is 0.266. The zero-order valence-corrected chi connectivity index (χ0v) is 5.78. The van der Waals surface area contributed by atoms with Crippen LogP contribution in [0.3, 0.4) is 0 Å². The summed E-state index contributed by atoms with van der Waals surface area (Å²) in [6.07, 6.45) is 0.611. The molecule has 0 aromatic heterocycles. The summed E-state index contributed by atoms with van der Waals surface area (Å²) in [5.41, 5.74) is 5.59. The summed E-state index contributed by atoms with van der Waals surface area (Å²) in [6, 6.07) is 6.41. The van der Waals surface area contributed by atoms with Crippen LogP contribution in [-0.2, 0) is 0 Å². The first kappa shape index (κ1) is 7.47. The lowest BCUT2D eigenvalue weighted by Gasteiger charge is -1.96. The molecule has 3 heteroatoms. The first-order valence-corrected chi connectivity index (χ1v) is 3.09. The van der Waals surface area contributed by atoms with Crippen molar-refractivity contribution in [3.05, 3.63) is 35.4 Å². The van der Waals surface area contributed by atoms with E-state index in [0.29, 0.717) is 11.8 Å². The third-order valence-electron chi connectivity index (χ3n) is 1.35. The normalized spacial score (nSPS) is 9.09. The van der Waals surface area contributed by atoms with Crippen molar-refractivity contribution < 1.29 is 9.59 Å². The number of amides is 1. The Balaban J connectivity index is 3.22. The van der Waals surface area contributed by atoms with Gasteiger partial charge in [-0.1, -0.05) is 18.2 Å². The average molecular weight is 149 g/mol. The molecule has 0 heterocycles. The lowest BCUT2D eigenvalue weighted by molar-refractivity contribution is 0.0993. The molecule has 1 amide bonds. The van der Waals surface area contributed by atoms with Crippen molar-refractivity contribution in [2.24, 2.45) is 5.73 Å². The standard InChI is InChI=1S/C8H7NO2/c9-8(11)7-4-2-1-3-6(7)5-10/h1-5H,(H2,9,11). The molecule has 2 N–H and O–H groups in total. The van der Waals surface area contributed by atoms with Crippen LogP contribution in [0.5, 0.6) is 0 Å². The molecular weight excluding hydrogens is 142 g/mol. The number of nitrogens with two attached hydrogens (primary N) is 1. The highest BCUT2D eigenvalue weighted by Crippen LogP contribution is 2.03. The first-order valence-electron chi connectivity index (χ1n) is 3.09. The molecule has 0 spiro atoms. The van der Waals surface area contributed by atoms with Gasteiger partial charge in [0.2, 0.25) is 5.91 Å². The Labute approximate surface area is 63.8 Å². The fraction of sp³-hybridized carbons (Fsp3) is 0. The number of aldehydes is 1. The molecule has 0 aliphatic carbocycles. The molecule has 0 unspecified atom stereocenters. The topological polar surface area (TPSA) is 60.2 Å². The summed E-state index contributed by atoms with van der Waals surface area (Å²) in [4.78, 5) is 21.0. The highest BCUT2D eigenvalue weighted by molar-refractivity contribution is 6.00. The third-order valence-corrected chi connectivity index (χ3v) is 1.35. The summed E-state index contributed by atoms with van der Waals surface area (Å²) in [5, 5.41) is 0. The van der Waals surface area contributed by atoms with Gasteiger partial charge in [-0.15, -0.1) is 0 Å². The maximum atomic E-state index is 10.6. The van der Waals surface area contributed by atoms with Crippen molar-refractivity contribution in [1.82, 2.24) is 0 Å². The van der Waals surface area contributed by atoms with Crippen molar-refractivity contribution in [2.45, 2.75) is 0 Å². The summed E-state index contributed by atoms with van der Waals surface area (Å²) in [6.45, 7) is 0. The first-order chi connectivity index (χ1) is 5.25. The SMILES string of the molecule is NC(=O)c1ccccc1C=O. The number of carbonyl (C=O) groups excluding carboxylic acids is 2. The van der Waals surface area contributed by atoms with Gasteiger partial charge in [-0.2, -0.15) is 0 Å². The maximum Gasteiger partial charge on any atom is 0.249 e. The van der Waals surface area contributed by atoms with Gasteiger partial charge in [0.15, 0.2) is 6.29 Å². The maximum absolute atomic E-state index is 10.6. The Morgan fingerprint density at radius 2 is 2.00 bits per heavy atom. The molecule has 1 aromatic rings. The largest absolute Gasteiger partial charge is 0.366 e. The molecule has 0 radical (unpaired) electrons. The molecule has 0 atom stereocenters. The van der Waals surface area contributed by atoms with E-state index in [1.807, 2.05) is 0 Å². The molecule has 56 valence electrons. The Bertz CT molecular complexity index is 294. The van der Waals surface area contributed by atoms with Crippen LogP contribution < -0.4 is 5.73 Å². The van der Waals surface area contributed by atoms with Crippen LogP contribution in [-0.4, -0.2) is 12.2 Å². The molecular formula is C8H7NO2. The quantitative estimate of drug-likeness (QED) is 0.626. The van der Waals surface area contributed by atoms with E-state index >= 15 is 0 Å². The lowest BCUT2D eigenvalue weighted by atomic mass is 10.1. The Morgan fingerprint density at radius 1 is 1.36 bits per heavy atom. The van der Waals surface area contributed by atoms with Crippen LogP contribution >= 0.6 is 0 Å². The molecule has 0 saturated carbocycles. The van der Waals surface area contributed by atoms with E-state index in [4.69, 9.17) is 5.73 Å². The van der Waals surface area contributed by atoms with E-state index in [1.54, 1.807) is 18.2 Å². The van der Waals surface area contributed by atoms with Gasteiger partial charge in [0, 0.05) is 11.1 Å². The fourth-order valence-corrected chi connectivity index (χ4v) is 0.824. The highest BCUT2D eigenvalue weighted by Gasteiger charge is 2.04. The van der Waals surface area contributed by atoms with Crippen molar-refractivity contribution >= 4 is 12.2 Å². The van der Waals surface area contributed by atoms with Gasteiger partial charge >= 0.3 is 0 Å².